The van der Waals surface area contributed by atoms with E-state index in [-0.39, 0.29) is 18.2 Å². The zero-order chi connectivity index (χ0) is 19.3. The minimum atomic E-state index is -3.11. The molecule has 1 amide bonds. The van der Waals surface area contributed by atoms with Gasteiger partial charge in [-0.25, -0.2) is 4.79 Å². The van der Waals surface area contributed by atoms with E-state index in [0.29, 0.717) is 25.6 Å². The van der Waals surface area contributed by atoms with Gasteiger partial charge in [0.2, 0.25) is 0 Å². The lowest BCUT2D eigenvalue weighted by molar-refractivity contribution is -0.0409. The third-order valence-corrected chi connectivity index (χ3v) is 5.98. The van der Waals surface area contributed by atoms with Gasteiger partial charge in [-0.05, 0) is 54.4 Å². The number of unbranched alkanes of at least 4 members (excludes halogenated alkanes) is 1. The molecular formula is C17H32NO6P. The Labute approximate surface area is 150 Å². The van der Waals surface area contributed by atoms with Crippen LogP contribution in [0.2, 0.25) is 0 Å². The van der Waals surface area contributed by atoms with Crippen molar-refractivity contribution in [3.05, 3.63) is 12.2 Å². The van der Waals surface area contributed by atoms with Crippen LogP contribution in [0.5, 0.6) is 0 Å². The summed E-state index contributed by atoms with van der Waals surface area (Å²) < 4.78 is 29.3. The van der Waals surface area contributed by atoms with Gasteiger partial charge in [0.25, 0.3) is 0 Å². The van der Waals surface area contributed by atoms with E-state index in [1.807, 2.05) is 39.8 Å². The van der Waals surface area contributed by atoms with Crippen molar-refractivity contribution in [2.45, 2.75) is 78.4 Å². The second-order valence-electron chi connectivity index (χ2n) is 7.19. The molecular weight excluding hydrogens is 345 g/mol. The standard InChI is InChI=1S/C17H32NO6P/c1-13(2)23-25(21,24-14(3)4)11-9-7-8-10-15-12-22-17(5,6)18(15)16(19)20/h8,10,13-15H,7,9,11-12H2,1-6H3,(H,19,20)/t15-/m1/s1. The fraction of sp³-hybridized carbons (Fsp3) is 0.824. The maximum Gasteiger partial charge on any atom is 0.410 e. The van der Waals surface area contributed by atoms with E-state index in [4.69, 9.17) is 13.8 Å². The first kappa shape index (κ1) is 22.2. The van der Waals surface area contributed by atoms with Crippen LogP contribution in [-0.2, 0) is 18.3 Å². The molecule has 1 fully saturated rings. The van der Waals surface area contributed by atoms with E-state index in [0.717, 1.165) is 0 Å². The Morgan fingerprint density at radius 1 is 1.32 bits per heavy atom. The Bertz CT molecular complexity index is 503. The zero-order valence-corrected chi connectivity index (χ0v) is 17.0. The van der Waals surface area contributed by atoms with Crippen LogP contribution in [0.1, 0.15) is 54.4 Å². The van der Waals surface area contributed by atoms with Gasteiger partial charge in [-0.1, -0.05) is 12.2 Å². The van der Waals surface area contributed by atoms with Gasteiger partial charge in [0, 0.05) is 0 Å². The molecule has 25 heavy (non-hydrogen) atoms. The van der Waals surface area contributed by atoms with Crippen LogP contribution in [0.15, 0.2) is 12.2 Å². The SMILES string of the molecule is CC(C)OP(=O)(CCCC=C[C@@H]1COC(C)(C)N1C(=O)O)OC(C)C. The Kier molecular flexibility index (Phi) is 8.13. The van der Waals surface area contributed by atoms with Gasteiger partial charge in [-0.3, -0.25) is 9.46 Å². The molecule has 1 saturated heterocycles. The molecule has 1 aliphatic rings. The van der Waals surface area contributed by atoms with E-state index in [2.05, 4.69) is 0 Å². The normalized spacial score (nSPS) is 21.0. The van der Waals surface area contributed by atoms with Crippen molar-refractivity contribution < 1.29 is 28.3 Å². The Balaban J connectivity index is 2.54. The molecule has 7 nitrogen and oxygen atoms in total. The molecule has 1 N–H and O–H groups in total. The van der Waals surface area contributed by atoms with Gasteiger partial charge in [-0.15, -0.1) is 0 Å². The molecule has 0 unspecified atom stereocenters. The lowest BCUT2D eigenvalue weighted by atomic mass is 10.2. The Morgan fingerprint density at radius 2 is 1.88 bits per heavy atom. The summed E-state index contributed by atoms with van der Waals surface area (Å²) in [7, 11) is -3.11. The highest BCUT2D eigenvalue weighted by Crippen LogP contribution is 2.51. The van der Waals surface area contributed by atoms with E-state index in [1.54, 1.807) is 13.8 Å². The molecule has 8 heteroatoms. The van der Waals surface area contributed by atoms with Crippen molar-refractivity contribution in [2.24, 2.45) is 0 Å². The number of ether oxygens (including phenoxy) is 1. The summed E-state index contributed by atoms with van der Waals surface area (Å²) >= 11 is 0. The minimum absolute atomic E-state index is 0.165. The second kappa shape index (κ2) is 9.17. The predicted molar refractivity (Wildman–Crippen MR) is 97.0 cm³/mol. The number of nitrogens with zero attached hydrogens (tertiary/aromatic N) is 1. The maximum absolute atomic E-state index is 12.7. The number of hydrogen-bond donors (Lipinski definition) is 1. The summed E-state index contributed by atoms with van der Waals surface area (Å²) in [6, 6.07) is -0.307. The minimum Gasteiger partial charge on any atom is -0.465 e. The summed E-state index contributed by atoms with van der Waals surface area (Å²) in [5.74, 6) is 0. The molecule has 0 bridgehead atoms. The van der Waals surface area contributed by atoms with Crippen molar-refractivity contribution >= 4 is 13.7 Å². The number of carbonyl (C=O) groups is 1. The first-order valence-electron chi connectivity index (χ1n) is 8.75. The summed E-state index contributed by atoms with van der Waals surface area (Å²) in [6.45, 7) is 11.1. The van der Waals surface area contributed by atoms with Crippen molar-refractivity contribution in [1.82, 2.24) is 4.90 Å². The van der Waals surface area contributed by atoms with Gasteiger partial charge in [0.15, 0.2) is 0 Å². The predicted octanol–water partition coefficient (Wildman–Crippen LogP) is 4.48. The van der Waals surface area contributed by atoms with Crippen molar-refractivity contribution in [1.29, 1.82) is 0 Å². The van der Waals surface area contributed by atoms with Gasteiger partial charge >= 0.3 is 13.7 Å². The second-order valence-corrected chi connectivity index (χ2v) is 9.28. The highest BCUT2D eigenvalue weighted by molar-refractivity contribution is 7.53. The van der Waals surface area contributed by atoms with Crippen LogP contribution in [0, 0.1) is 0 Å². The summed E-state index contributed by atoms with van der Waals surface area (Å²) in [4.78, 5) is 12.7. The number of hydrogen-bond acceptors (Lipinski definition) is 5. The van der Waals surface area contributed by atoms with Crippen LogP contribution >= 0.6 is 7.60 Å². The van der Waals surface area contributed by atoms with E-state index < -0.39 is 19.4 Å². The molecule has 0 aliphatic carbocycles. The van der Waals surface area contributed by atoms with Crippen LogP contribution in [-0.4, -0.2) is 52.8 Å². The molecule has 1 aliphatic heterocycles. The quantitative estimate of drug-likeness (QED) is 0.362. The average Bonchev–Trinajstić information content (AvgIpc) is 2.71. The summed E-state index contributed by atoms with van der Waals surface area (Å²) in [5.41, 5.74) is -0.827. The molecule has 1 heterocycles. The van der Waals surface area contributed by atoms with Crippen molar-refractivity contribution in [2.75, 3.05) is 12.8 Å². The first-order valence-corrected chi connectivity index (χ1v) is 10.5. The fourth-order valence-electron chi connectivity index (χ4n) is 2.78. The van der Waals surface area contributed by atoms with Crippen LogP contribution in [0.3, 0.4) is 0 Å². The van der Waals surface area contributed by atoms with Gasteiger partial charge in [0.1, 0.15) is 5.72 Å². The molecule has 146 valence electrons. The Hall–Kier alpha value is -0.880. The van der Waals surface area contributed by atoms with E-state index >= 15 is 0 Å². The number of allylic oxidation sites excluding steroid dienone is 1. The van der Waals surface area contributed by atoms with Gasteiger partial charge in [-0.2, -0.15) is 0 Å². The fourth-order valence-corrected chi connectivity index (χ4v) is 4.89. The molecule has 0 radical (unpaired) electrons. The molecule has 1 rings (SSSR count). The zero-order valence-electron chi connectivity index (χ0n) is 16.1. The van der Waals surface area contributed by atoms with Crippen molar-refractivity contribution in [3.8, 4) is 0 Å². The number of rotatable bonds is 9. The summed E-state index contributed by atoms with van der Waals surface area (Å²) in [5, 5.41) is 9.34. The highest BCUT2D eigenvalue weighted by Gasteiger charge is 2.42. The maximum atomic E-state index is 12.7. The van der Waals surface area contributed by atoms with E-state index in [9.17, 15) is 14.5 Å². The Morgan fingerprint density at radius 3 is 2.36 bits per heavy atom. The lowest BCUT2D eigenvalue weighted by Gasteiger charge is -2.29. The number of amides is 1. The summed E-state index contributed by atoms with van der Waals surface area (Å²) in [6.07, 6.45) is 4.04. The third-order valence-electron chi connectivity index (χ3n) is 3.63. The average molecular weight is 377 g/mol. The van der Waals surface area contributed by atoms with Crippen LogP contribution in [0.25, 0.3) is 0 Å². The molecule has 0 aromatic carbocycles. The first-order chi connectivity index (χ1) is 11.5. The highest BCUT2D eigenvalue weighted by atomic mass is 31.2. The molecule has 0 aromatic heterocycles. The lowest BCUT2D eigenvalue weighted by Crippen LogP contribution is -2.46. The van der Waals surface area contributed by atoms with Crippen molar-refractivity contribution in [3.63, 3.8) is 0 Å². The monoisotopic (exact) mass is 377 g/mol. The largest absolute Gasteiger partial charge is 0.465 e. The molecule has 0 aromatic rings. The molecule has 0 saturated carbocycles. The van der Waals surface area contributed by atoms with Crippen LogP contribution < -0.4 is 0 Å². The topological polar surface area (TPSA) is 85.3 Å². The van der Waals surface area contributed by atoms with Crippen LogP contribution in [0.4, 0.5) is 4.79 Å². The number of carboxylic acid groups (broad SMARTS) is 1. The van der Waals surface area contributed by atoms with Gasteiger partial charge < -0.3 is 18.9 Å². The molecule has 1 atom stereocenters. The smallest absolute Gasteiger partial charge is 0.410 e. The van der Waals surface area contributed by atoms with E-state index in [1.165, 1.54) is 4.90 Å². The third kappa shape index (κ3) is 7.10. The van der Waals surface area contributed by atoms with Gasteiger partial charge in [0.05, 0.1) is 31.0 Å². The molecule has 0 spiro atoms.